The van der Waals surface area contributed by atoms with Crippen LogP contribution in [0.15, 0.2) is 12.1 Å². The molecule has 0 spiro atoms. The van der Waals surface area contributed by atoms with Crippen molar-refractivity contribution in [2.75, 3.05) is 20.8 Å². The Morgan fingerprint density at radius 3 is 2.79 bits per heavy atom. The van der Waals surface area contributed by atoms with E-state index < -0.39 is 0 Å². The molecule has 0 saturated heterocycles. The number of benzene rings is 1. The molecule has 1 aromatic carbocycles. The third kappa shape index (κ3) is 4.96. The predicted octanol–water partition coefficient (Wildman–Crippen LogP) is 2.10. The molecular weight excluding hydrogens is 270 g/mol. The summed E-state index contributed by atoms with van der Waals surface area (Å²) in [6.45, 7) is 1.09. The van der Waals surface area contributed by atoms with E-state index in [2.05, 4.69) is 10.1 Å². The lowest BCUT2D eigenvalue weighted by Gasteiger charge is -2.10. The van der Waals surface area contributed by atoms with Crippen LogP contribution in [0.1, 0.15) is 18.4 Å². The van der Waals surface area contributed by atoms with E-state index in [1.165, 1.54) is 14.2 Å². The van der Waals surface area contributed by atoms with Gasteiger partial charge in [0.15, 0.2) is 11.5 Å². The Hall–Kier alpha value is -1.46. The van der Waals surface area contributed by atoms with Crippen molar-refractivity contribution in [3.8, 4) is 11.5 Å². The minimum absolute atomic E-state index is 0.0763. The highest BCUT2D eigenvalue weighted by Gasteiger charge is 2.09. The second kappa shape index (κ2) is 7.86. The Balaban J connectivity index is 2.45. The van der Waals surface area contributed by atoms with Crippen LogP contribution >= 0.6 is 11.6 Å². The van der Waals surface area contributed by atoms with E-state index >= 15 is 0 Å². The highest BCUT2D eigenvalue weighted by molar-refractivity contribution is 6.30. The van der Waals surface area contributed by atoms with E-state index in [0.717, 1.165) is 0 Å². The summed E-state index contributed by atoms with van der Waals surface area (Å²) >= 11 is 5.92. The van der Waals surface area contributed by atoms with E-state index in [0.29, 0.717) is 42.3 Å². The molecule has 0 aliphatic carbocycles. The summed E-state index contributed by atoms with van der Waals surface area (Å²) in [4.78, 5) is 10.9. The Morgan fingerprint density at radius 2 is 2.16 bits per heavy atom. The number of hydrogen-bond acceptors (Lipinski definition) is 5. The van der Waals surface area contributed by atoms with Crippen LogP contribution in [0.5, 0.6) is 11.5 Å². The lowest BCUT2D eigenvalue weighted by molar-refractivity contribution is -0.140. The highest BCUT2D eigenvalue weighted by Crippen LogP contribution is 2.33. The summed E-state index contributed by atoms with van der Waals surface area (Å²) < 4.78 is 9.56. The van der Waals surface area contributed by atoms with Crippen LogP contribution in [0.25, 0.3) is 0 Å². The van der Waals surface area contributed by atoms with Crippen LogP contribution in [0.2, 0.25) is 5.02 Å². The van der Waals surface area contributed by atoms with Gasteiger partial charge >= 0.3 is 5.97 Å². The van der Waals surface area contributed by atoms with Gasteiger partial charge in [0.05, 0.1) is 14.2 Å². The highest BCUT2D eigenvalue weighted by atomic mass is 35.5. The number of nitrogens with one attached hydrogen (secondary N) is 1. The van der Waals surface area contributed by atoms with Gasteiger partial charge in [-0.05, 0) is 19.0 Å². The molecule has 2 N–H and O–H groups in total. The average Bonchev–Trinajstić information content (AvgIpc) is 2.41. The monoisotopic (exact) mass is 287 g/mol. The van der Waals surface area contributed by atoms with Gasteiger partial charge in [-0.15, -0.1) is 0 Å². The van der Waals surface area contributed by atoms with Crippen LogP contribution in [0.4, 0.5) is 0 Å². The number of ether oxygens (including phenoxy) is 2. The fourth-order valence-electron chi connectivity index (χ4n) is 1.60. The lowest BCUT2D eigenvalue weighted by Crippen LogP contribution is -2.16. The first-order chi connectivity index (χ1) is 9.08. The van der Waals surface area contributed by atoms with Crippen molar-refractivity contribution in [3.05, 3.63) is 22.7 Å². The molecule has 0 bridgehead atoms. The van der Waals surface area contributed by atoms with Gasteiger partial charge in [-0.3, -0.25) is 4.79 Å². The maximum atomic E-state index is 10.9. The molecule has 0 aliphatic rings. The second-order valence-corrected chi connectivity index (χ2v) is 4.41. The molecule has 0 aromatic heterocycles. The first-order valence-corrected chi connectivity index (χ1v) is 6.29. The molecule has 0 saturated carbocycles. The standard InChI is InChI=1S/C13H18ClNO4/c1-18-11-7-10(14)6-9(13(11)17)8-15-5-3-4-12(16)19-2/h6-7,15,17H,3-5,8H2,1-2H3. The fourth-order valence-corrected chi connectivity index (χ4v) is 1.83. The van der Waals surface area contributed by atoms with Gasteiger partial charge in [-0.2, -0.15) is 0 Å². The van der Waals surface area contributed by atoms with Crippen LogP contribution in [0.3, 0.4) is 0 Å². The molecule has 0 fully saturated rings. The zero-order chi connectivity index (χ0) is 14.3. The van der Waals surface area contributed by atoms with Crippen LogP contribution in [-0.4, -0.2) is 31.8 Å². The molecule has 0 unspecified atom stereocenters. The fraction of sp³-hybridized carbons (Fsp3) is 0.462. The van der Waals surface area contributed by atoms with Crippen molar-refractivity contribution < 1.29 is 19.4 Å². The zero-order valence-corrected chi connectivity index (χ0v) is 11.8. The summed E-state index contributed by atoms with van der Waals surface area (Å²) in [7, 11) is 2.84. The minimum atomic E-state index is -0.228. The normalized spacial score (nSPS) is 10.3. The Kier molecular flexibility index (Phi) is 6.45. The van der Waals surface area contributed by atoms with Gasteiger partial charge in [0.25, 0.3) is 0 Å². The molecule has 1 aromatic rings. The number of esters is 1. The number of rotatable bonds is 7. The lowest BCUT2D eigenvalue weighted by atomic mass is 10.2. The van der Waals surface area contributed by atoms with Gasteiger partial charge in [0.2, 0.25) is 0 Å². The van der Waals surface area contributed by atoms with E-state index in [1.807, 2.05) is 0 Å². The van der Waals surface area contributed by atoms with Crippen LogP contribution in [0, 0.1) is 0 Å². The summed E-state index contributed by atoms with van der Waals surface area (Å²) in [6.07, 6.45) is 1.04. The smallest absolute Gasteiger partial charge is 0.305 e. The minimum Gasteiger partial charge on any atom is -0.504 e. The Labute approximate surface area is 117 Å². The predicted molar refractivity (Wildman–Crippen MR) is 72.6 cm³/mol. The van der Waals surface area contributed by atoms with Gasteiger partial charge < -0.3 is 19.9 Å². The molecule has 106 valence electrons. The summed E-state index contributed by atoms with van der Waals surface area (Å²) in [5.41, 5.74) is 0.655. The number of phenolic OH excluding ortho intramolecular Hbond substituents is 1. The molecule has 19 heavy (non-hydrogen) atoms. The molecule has 5 nitrogen and oxygen atoms in total. The van der Waals surface area contributed by atoms with E-state index in [-0.39, 0.29) is 11.7 Å². The molecule has 1 rings (SSSR count). The number of hydrogen-bond donors (Lipinski definition) is 2. The van der Waals surface area contributed by atoms with Crippen molar-refractivity contribution >= 4 is 17.6 Å². The summed E-state index contributed by atoms with van der Waals surface area (Å²) in [5.74, 6) is 0.195. The molecule has 0 amide bonds. The Bertz CT molecular complexity index is 437. The average molecular weight is 288 g/mol. The van der Waals surface area contributed by atoms with Crippen molar-refractivity contribution in [2.45, 2.75) is 19.4 Å². The third-order valence-electron chi connectivity index (χ3n) is 2.62. The maximum Gasteiger partial charge on any atom is 0.305 e. The van der Waals surface area contributed by atoms with Gasteiger partial charge in [0.1, 0.15) is 0 Å². The molecule has 0 heterocycles. The first kappa shape index (κ1) is 15.6. The molecule has 6 heteroatoms. The number of aromatic hydroxyl groups is 1. The summed E-state index contributed by atoms with van der Waals surface area (Å²) in [6, 6.07) is 3.23. The van der Waals surface area contributed by atoms with Gasteiger partial charge in [-0.25, -0.2) is 0 Å². The summed E-state index contributed by atoms with van der Waals surface area (Å²) in [5, 5.41) is 13.5. The largest absolute Gasteiger partial charge is 0.504 e. The van der Waals surface area contributed by atoms with Crippen molar-refractivity contribution in [2.24, 2.45) is 0 Å². The van der Waals surface area contributed by atoms with E-state index in [4.69, 9.17) is 16.3 Å². The number of phenols is 1. The van der Waals surface area contributed by atoms with Crippen LogP contribution < -0.4 is 10.1 Å². The van der Waals surface area contributed by atoms with Crippen molar-refractivity contribution in [1.29, 1.82) is 0 Å². The molecular formula is C13H18ClNO4. The quantitative estimate of drug-likeness (QED) is 0.594. The van der Waals surface area contributed by atoms with Gasteiger partial charge in [0, 0.05) is 29.6 Å². The zero-order valence-electron chi connectivity index (χ0n) is 11.0. The number of halogens is 1. The van der Waals surface area contributed by atoms with E-state index in [1.54, 1.807) is 12.1 Å². The maximum absolute atomic E-state index is 10.9. The SMILES string of the molecule is COC(=O)CCCNCc1cc(Cl)cc(OC)c1O. The van der Waals surface area contributed by atoms with Crippen molar-refractivity contribution in [1.82, 2.24) is 5.32 Å². The second-order valence-electron chi connectivity index (χ2n) is 3.97. The van der Waals surface area contributed by atoms with Crippen molar-refractivity contribution in [3.63, 3.8) is 0 Å². The Morgan fingerprint density at radius 1 is 1.42 bits per heavy atom. The molecule has 0 radical (unpaired) electrons. The third-order valence-corrected chi connectivity index (χ3v) is 2.83. The topological polar surface area (TPSA) is 67.8 Å². The van der Waals surface area contributed by atoms with Crippen LogP contribution in [-0.2, 0) is 16.1 Å². The molecule has 0 atom stereocenters. The van der Waals surface area contributed by atoms with E-state index in [9.17, 15) is 9.90 Å². The number of carbonyl (C=O) groups is 1. The van der Waals surface area contributed by atoms with Gasteiger partial charge in [-0.1, -0.05) is 11.6 Å². The molecule has 0 aliphatic heterocycles. The number of carbonyl (C=O) groups excluding carboxylic acids is 1. The number of methoxy groups -OCH3 is 2. The first-order valence-electron chi connectivity index (χ1n) is 5.91.